The number of carbonyl (C=O) groups is 1. The van der Waals surface area contributed by atoms with Gasteiger partial charge in [-0.05, 0) is 0 Å². The molecule has 0 aliphatic heterocycles. The molecule has 0 aromatic heterocycles. The fourth-order valence-electron chi connectivity index (χ4n) is 0.315. The van der Waals surface area contributed by atoms with E-state index >= 15 is 0 Å². The average Bonchev–Trinajstić information content (AvgIpc) is 1.68. The molecule has 0 heterocycles. The molecule has 0 aromatic carbocycles. The summed E-state index contributed by atoms with van der Waals surface area (Å²) in [5.41, 5.74) is 2.50. The molecule has 0 aromatic rings. The van der Waals surface area contributed by atoms with Crippen molar-refractivity contribution >= 4 is 5.91 Å². The zero-order valence-electron chi connectivity index (χ0n) is 6.86. The second-order valence-electron chi connectivity index (χ2n) is 1.56. The van der Waals surface area contributed by atoms with Gasteiger partial charge in [-0.1, -0.05) is 13.8 Å². The zero-order valence-corrected chi connectivity index (χ0v) is 6.86. The second-order valence-corrected chi connectivity index (χ2v) is 1.56. The summed E-state index contributed by atoms with van der Waals surface area (Å²) in [5.74, 6) is -0.0370. The lowest BCUT2D eigenvalue weighted by Gasteiger charge is -2.07. The summed E-state index contributed by atoms with van der Waals surface area (Å²) in [6, 6.07) is 0. The van der Waals surface area contributed by atoms with Crippen molar-refractivity contribution in [2.45, 2.75) is 20.8 Å². The Hall–Kier alpha value is -0.570. The molecule has 0 bridgehead atoms. The van der Waals surface area contributed by atoms with Crippen LogP contribution in [0.25, 0.3) is 0 Å². The Kier molecular flexibility index (Phi) is 9.29. The SMILES string of the molecule is CC.CC(=O)NN(C)C.[HH]. The van der Waals surface area contributed by atoms with E-state index in [0.717, 1.165) is 0 Å². The molecule has 0 unspecified atom stereocenters. The van der Waals surface area contributed by atoms with Crippen LogP contribution in [0.5, 0.6) is 0 Å². The highest BCUT2D eigenvalue weighted by Gasteiger charge is 1.87. The fraction of sp³-hybridized carbons (Fsp3) is 0.833. The molecule has 1 N–H and O–H groups in total. The summed E-state index contributed by atoms with van der Waals surface area (Å²) in [4.78, 5) is 10.1. The number of hydrazine groups is 1. The molecular formula is C6H18N2O. The number of amides is 1. The third-order valence-electron chi connectivity index (χ3n) is 0.381. The lowest BCUT2D eigenvalue weighted by Crippen LogP contribution is -2.34. The molecule has 58 valence electrons. The van der Waals surface area contributed by atoms with Crippen LogP contribution in [0.4, 0.5) is 0 Å². The summed E-state index contributed by atoms with van der Waals surface area (Å²) in [5, 5.41) is 1.60. The lowest BCUT2D eigenvalue weighted by molar-refractivity contribution is -0.122. The van der Waals surface area contributed by atoms with Crippen molar-refractivity contribution in [3.8, 4) is 0 Å². The van der Waals surface area contributed by atoms with Gasteiger partial charge in [0.25, 0.3) is 0 Å². The van der Waals surface area contributed by atoms with E-state index in [1.807, 2.05) is 13.8 Å². The minimum Gasteiger partial charge on any atom is -0.290 e. The number of hydrogen-bond donors (Lipinski definition) is 1. The Balaban J connectivity index is -0.000000149. The van der Waals surface area contributed by atoms with E-state index in [9.17, 15) is 4.79 Å². The molecule has 0 saturated carbocycles. The minimum absolute atomic E-state index is 0. The predicted octanol–water partition coefficient (Wildman–Crippen LogP) is 0.871. The molecule has 1 amide bonds. The molecule has 0 saturated heterocycles. The maximum Gasteiger partial charge on any atom is 0.231 e. The van der Waals surface area contributed by atoms with E-state index in [0.29, 0.717) is 0 Å². The molecule has 0 radical (unpaired) electrons. The van der Waals surface area contributed by atoms with Gasteiger partial charge in [-0.25, -0.2) is 5.01 Å². The van der Waals surface area contributed by atoms with E-state index in [1.54, 1.807) is 19.1 Å². The first kappa shape index (κ1) is 11.3. The monoisotopic (exact) mass is 134 g/mol. The molecule has 0 aliphatic rings. The first-order chi connectivity index (χ1) is 4.13. The van der Waals surface area contributed by atoms with Gasteiger partial charge in [0.2, 0.25) is 5.91 Å². The van der Waals surface area contributed by atoms with E-state index in [-0.39, 0.29) is 7.33 Å². The Labute approximate surface area is 58.5 Å². The maximum atomic E-state index is 10.1. The molecule has 9 heavy (non-hydrogen) atoms. The highest BCUT2D eigenvalue weighted by Crippen LogP contribution is 1.61. The molecule has 0 spiro atoms. The number of nitrogens with zero attached hydrogens (tertiary/aromatic N) is 1. The van der Waals surface area contributed by atoms with Crippen LogP contribution >= 0.6 is 0 Å². The van der Waals surface area contributed by atoms with E-state index < -0.39 is 0 Å². The highest BCUT2D eigenvalue weighted by atomic mass is 16.2. The Morgan fingerprint density at radius 1 is 1.44 bits per heavy atom. The number of hydrogen-bond acceptors (Lipinski definition) is 2. The van der Waals surface area contributed by atoms with Gasteiger partial charge >= 0.3 is 0 Å². The van der Waals surface area contributed by atoms with Crippen molar-refractivity contribution in [2.24, 2.45) is 0 Å². The smallest absolute Gasteiger partial charge is 0.231 e. The summed E-state index contributed by atoms with van der Waals surface area (Å²) in [7, 11) is 3.53. The minimum atomic E-state index is -0.0370. The topological polar surface area (TPSA) is 32.3 Å². The molecule has 3 nitrogen and oxygen atoms in total. The lowest BCUT2D eigenvalue weighted by atomic mass is 10.7. The summed E-state index contributed by atoms with van der Waals surface area (Å²) >= 11 is 0. The van der Waals surface area contributed by atoms with Crippen molar-refractivity contribution in [1.29, 1.82) is 0 Å². The van der Waals surface area contributed by atoms with Crippen LogP contribution in [0.3, 0.4) is 0 Å². The number of nitrogens with one attached hydrogen (secondary N) is 1. The number of rotatable bonds is 1. The summed E-state index contributed by atoms with van der Waals surface area (Å²) < 4.78 is 0. The van der Waals surface area contributed by atoms with Crippen LogP contribution in [-0.4, -0.2) is 25.0 Å². The van der Waals surface area contributed by atoms with E-state index in [2.05, 4.69) is 5.43 Å². The quantitative estimate of drug-likeness (QED) is 0.540. The van der Waals surface area contributed by atoms with Gasteiger partial charge in [-0.3, -0.25) is 10.2 Å². The molecular weight excluding hydrogens is 116 g/mol. The molecule has 0 fully saturated rings. The summed E-state index contributed by atoms with van der Waals surface area (Å²) in [6.07, 6.45) is 0. The average molecular weight is 134 g/mol. The van der Waals surface area contributed by atoms with Crippen molar-refractivity contribution < 1.29 is 6.22 Å². The van der Waals surface area contributed by atoms with Crippen LogP contribution in [0.2, 0.25) is 0 Å². The van der Waals surface area contributed by atoms with Gasteiger partial charge in [0, 0.05) is 22.4 Å². The van der Waals surface area contributed by atoms with Gasteiger partial charge in [-0.2, -0.15) is 0 Å². The van der Waals surface area contributed by atoms with Crippen LogP contribution < -0.4 is 5.43 Å². The van der Waals surface area contributed by atoms with E-state index in [1.165, 1.54) is 6.92 Å². The number of carbonyl (C=O) groups excluding carboxylic acids is 1. The van der Waals surface area contributed by atoms with Crippen LogP contribution in [0.1, 0.15) is 22.2 Å². The van der Waals surface area contributed by atoms with Crippen LogP contribution in [0, 0.1) is 0 Å². The molecule has 0 aliphatic carbocycles. The first-order valence-electron chi connectivity index (χ1n) is 3.07. The third kappa shape index (κ3) is 18.6. The molecule has 0 atom stereocenters. The Bertz CT molecular complexity index is 76.1. The van der Waals surface area contributed by atoms with Gasteiger partial charge in [-0.15, -0.1) is 0 Å². The standard InChI is InChI=1S/C4H10N2O.C2H6.H2/c1-4(7)5-6(2)3;1-2;/h1-3H3,(H,5,7);1-2H3;1H. The Morgan fingerprint density at radius 2 is 1.78 bits per heavy atom. The van der Waals surface area contributed by atoms with Gasteiger partial charge in [0.15, 0.2) is 0 Å². The van der Waals surface area contributed by atoms with Gasteiger partial charge in [0.1, 0.15) is 0 Å². The van der Waals surface area contributed by atoms with Crippen molar-refractivity contribution in [3.63, 3.8) is 0 Å². The molecule has 0 rings (SSSR count). The normalized spacial score (nSPS) is 7.78. The highest BCUT2D eigenvalue weighted by molar-refractivity contribution is 5.72. The summed E-state index contributed by atoms with van der Waals surface area (Å²) in [6.45, 7) is 5.47. The van der Waals surface area contributed by atoms with Crippen molar-refractivity contribution in [3.05, 3.63) is 0 Å². The first-order valence-corrected chi connectivity index (χ1v) is 3.07. The maximum absolute atomic E-state index is 10.1. The predicted molar refractivity (Wildman–Crippen MR) is 41.0 cm³/mol. The third-order valence-corrected chi connectivity index (χ3v) is 0.381. The van der Waals surface area contributed by atoms with Crippen molar-refractivity contribution in [2.75, 3.05) is 14.1 Å². The fourth-order valence-corrected chi connectivity index (χ4v) is 0.315. The van der Waals surface area contributed by atoms with Gasteiger partial charge < -0.3 is 0 Å². The van der Waals surface area contributed by atoms with Crippen LogP contribution in [-0.2, 0) is 4.79 Å². The largest absolute Gasteiger partial charge is 0.290 e. The zero-order chi connectivity index (χ0) is 7.86. The van der Waals surface area contributed by atoms with Crippen molar-refractivity contribution in [1.82, 2.24) is 10.4 Å². The Morgan fingerprint density at radius 3 is 1.78 bits per heavy atom. The molecule has 3 heteroatoms. The second kappa shape index (κ2) is 7.43. The van der Waals surface area contributed by atoms with Gasteiger partial charge in [0.05, 0.1) is 0 Å². The van der Waals surface area contributed by atoms with E-state index in [4.69, 9.17) is 0 Å². The van der Waals surface area contributed by atoms with Crippen LogP contribution in [0.15, 0.2) is 0 Å².